The zero-order valence-corrected chi connectivity index (χ0v) is 13.7. The molecule has 19 heavy (non-hydrogen) atoms. The molecule has 2 unspecified atom stereocenters. The van der Waals surface area contributed by atoms with Crippen molar-refractivity contribution in [1.29, 1.82) is 0 Å². The zero-order valence-electron chi connectivity index (χ0n) is 13.7. The zero-order chi connectivity index (χ0) is 13.9. The molecular weight excluding hydrogens is 230 g/mol. The molecule has 2 fully saturated rings. The average Bonchev–Trinajstić information content (AvgIpc) is 2.42. The van der Waals surface area contributed by atoms with E-state index < -0.39 is 0 Å². The highest BCUT2D eigenvalue weighted by Crippen LogP contribution is 2.40. The molecule has 2 aliphatic carbocycles. The monoisotopic (exact) mass is 265 g/mol. The standard InChI is InChI=1S/C18H35N/c1-5-18(3,4)15-10-12-16(13-11-15)19-17-9-7-6-8-14(17)2/h14-17,19H,5-13H2,1-4H3. The summed E-state index contributed by atoms with van der Waals surface area (Å²) in [6.45, 7) is 9.74. The topological polar surface area (TPSA) is 12.0 Å². The molecule has 0 aromatic heterocycles. The largest absolute Gasteiger partial charge is 0.311 e. The number of hydrogen-bond acceptors (Lipinski definition) is 1. The number of rotatable bonds is 4. The smallest absolute Gasteiger partial charge is 0.00952 e. The first kappa shape index (κ1) is 15.4. The molecule has 2 rings (SSSR count). The fraction of sp³-hybridized carbons (Fsp3) is 1.00. The molecular formula is C18H35N. The third kappa shape index (κ3) is 3.97. The molecule has 0 amide bonds. The van der Waals surface area contributed by atoms with Crippen LogP contribution >= 0.6 is 0 Å². The minimum Gasteiger partial charge on any atom is -0.311 e. The Morgan fingerprint density at radius 1 is 0.947 bits per heavy atom. The summed E-state index contributed by atoms with van der Waals surface area (Å²) in [5.74, 6) is 1.86. The normalized spacial score (nSPS) is 37.3. The molecule has 1 N–H and O–H groups in total. The van der Waals surface area contributed by atoms with Crippen LogP contribution in [-0.2, 0) is 0 Å². The predicted molar refractivity (Wildman–Crippen MR) is 84.4 cm³/mol. The average molecular weight is 265 g/mol. The molecule has 2 aliphatic rings. The van der Waals surface area contributed by atoms with Crippen LogP contribution in [0.2, 0.25) is 0 Å². The SMILES string of the molecule is CCC(C)(C)C1CCC(NC2CCCCC2C)CC1. The van der Waals surface area contributed by atoms with E-state index in [2.05, 4.69) is 33.0 Å². The van der Waals surface area contributed by atoms with Crippen LogP contribution in [0.4, 0.5) is 0 Å². The molecule has 1 heteroatoms. The van der Waals surface area contributed by atoms with Crippen molar-refractivity contribution in [3.63, 3.8) is 0 Å². The van der Waals surface area contributed by atoms with Gasteiger partial charge in [0.1, 0.15) is 0 Å². The van der Waals surface area contributed by atoms with Gasteiger partial charge in [-0.05, 0) is 55.8 Å². The molecule has 0 aromatic rings. The fourth-order valence-electron chi connectivity index (χ4n) is 4.20. The Bertz CT molecular complexity index is 263. The van der Waals surface area contributed by atoms with Crippen LogP contribution < -0.4 is 5.32 Å². The van der Waals surface area contributed by atoms with Gasteiger partial charge >= 0.3 is 0 Å². The van der Waals surface area contributed by atoms with Crippen molar-refractivity contribution in [3.8, 4) is 0 Å². The first-order chi connectivity index (χ1) is 9.03. The molecule has 0 heterocycles. The van der Waals surface area contributed by atoms with Gasteiger partial charge in [0.15, 0.2) is 0 Å². The lowest BCUT2D eigenvalue weighted by molar-refractivity contribution is 0.127. The summed E-state index contributed by atoms with van der Waals surface area (Å²) in [7, 11) is 0. The summed E-state index contributed by atoms with van der Waals surface area (Å²) in [6.07, 6.45) is 12.8. The lowest BCUT2D eigenvalue weighted by Crippen LogP contribution is -2.45. The van der Waals surface area contributed by atoms with E-state index in [1.54, 1.807) is 0 Å². The molecule has 0 radical (unpaired) electrons. The van der Waals surface area contributed by atoms with Gasteiger partial charge in [-0.3, -0.25) is 0 Å². The highest BCUT2D eigenvalue weighted by molar-refractivity contribution is 4.88. The van der Waals surface area contributed by atoms with Crippen molar-refractivity contribution < 1.29 is 0 Å². The molecule has 2 atom stereocenters. The number of nitrogens with one attached hydrogen (secondary N) is 1. The molecule has 0 aromatic carbocycles. The summed E-state index contributed by atoms with van der Waals surface area (Å²) in [4.78, 5) is 0. The maximum Gasteiger partial charge on any atom is 0.00952 e. The van der Waals surface area contributed by atoms with Gasteiger partial charge in [-0.2, -0.15) is 0 Å². The van der Waals surface area contributed by atoms with Gasteiger partial charge in [-0.15, -0.1) is 0 Å². The van der Waals surface area contributed by atoms with E-state index in [0.29, 0.717) is 5.41 Å². The van der Waals surface area contributed by atoms with Crippen LogP contribution in [0.25, 0.3) is 0 Å². The Labute approximate surface area is 120 Å². The highest BCUT2D eigenvalue weighted by Gasteiger charge is 2.33. The molecule has 0 spiro atoms. The molecule has 1 nitrogen and oxygen atoms in total. The second kappa shape index (κ2) is 6.61. The summed E-state index contributed by atoms with van der Waals surface area (Å²) < 4.78 is 0. The van der Waals surface area contributed by atoms with Crippen LogP contribution in [0.3, 0.4) is 0 Å². The van der Waals surface area contributed by atoms with E-state index in [-0.39, 0.29) is 0 Å². The van der Waals surface area contributed by atoms with Gasteiger partial charge in [0, 0.05) is 12.1 Å². The summed E-state index contributed by atoms with van der Waals surface area (Å²) >= 11 is 0. The highest BCUT2D eigenvalue weighted by atomic mass is 15.0. The van der Waals surface area contributed by atoms with E-state index in [1.807, 2.05) is 0 Å². The second-order valence-electron chi connectivity index (χ2n) is 7.93. The van der Waals surface area contributed by atoms with E-state index in [0.717, 1.165) is 23.9 Å². The molecule has 0 bridgehead atoms. The van der Waals surface area contributed by atoms with E-state index in [1.165, 1.54) is 57.8 Å². The Balaban J connectivity index is 1.77. The maximum absolute atomic E-state index is 4.00. The lowest BCUT2D eigenvalue weighted by Gasteiger charge is -2.41. The van der Waals surface area contributed by atoms with Crippen LogP contribution in [0.1, 0.15) is 85.5 Å². The van der Waals surface area contributed by atoms with Gasteiger partial charge in [-0.1, -0.05) is 47.0 Å². The van der Waals surface area contributed by atoms with Crippen molar-refractivity contribution in [3.05, 3.63) is 0 Å². The van der Waals surface area contributed by atoms with E-state index in [4.69, 9.17) is 0 Å². The Morgan fingerprint density at radius 2 is 1.58 bits per heavy atom. The van der Waals surface area contributed by atoms with Crippen LogP contribution in [-0.4, -0.2) is 12.1 Å². The van der Waals surface area contributed by atoms with Gasteiger partial charge in [0.05, 0.1) is 0 Å². The minimum absolute atomic E-state index is 0.559. The fourth-order valence-corrected chi connectivity index (χ4v) is 4.20. The van der Waals surface area contributed by atoms with Crippen LogP contribution in [0.5, 0.6) is 0 Å². The third-order valence-electron chi connectivity index (χ3n) is 6.30. The molecule has 2 saturated carbocycles. The van der Waals surface area contributed by atoms with Gasteiger partial charge < -0.3 is 5.32 Å². The van der Waals surface area contributed by atoms with Crippen molar-refractivity contribution >= 4 is 0 Å². The molecule has 0 saturated heterocycles. The van der Waals surface area contributed by atoms with Gasteiger partial charge in [-0.25, -0.2) is 0 Å². The molecule has 112 valence electrons. The maximum atomic E-state index is 4.00. The molecule has 0 aliphatic heterocycles. The predicted octanol–water partition coefficient (Wildman–Crippen LogP) is 5.15. The lowest BCUT2D eigenvalue weighted by atomic mass is 9.68. The Kier molecular flexibility index (Phi) is 5.34. The first-order valence-electron chi connectivity index (χ1n) is 8.79. The van der Waals surface area contributed by atoms with Crippen molar-refractivity contribution in [2.45, 2.75) is 97.6 Å². The number of hydrogen-bond donors (Lipinski definition) is 1. The minimum atomic E-state index is 0.559. The van der Waals surface area contributed by atoms with Gasteiger partial charge in [0.25, 0.3) is 0 Å². The summed E-state index contributed by atoms with van der Waals surface area (Å²) in [6, 6.07) is 1.63. The van der Waals surface area contributed by atoms with Crippen molar-refractivity contribution in [2.24, 2.45) is 17.3 Å². The summed E-state index contributed by atoms with van der Waals surface area (Å²) in [5.41, 5.74) is 0.559. The summed E-state index contributed by atoms with van der Waals surface area (Å²) in [5, 5.41) is 4.00. The van der Waals surface area contributed by atoms with Crippen LogP contribution in [0, 0.1) is 17.3 Å². The Hall–Kier alpha value is -0.0400. The van der Waals surface area contributed by atoms with Crippen molar-refractivity contribution in [2.75, 3.05) is 0 Å². The van der Waals surface area contributed by atoms with Crippen molar-refractivity contribution in [1.82, 2.24) is 5.32 Å². The van der Waals surface area contributed by atoms with Gasteiger partial charge in [0.2, 0.25) is 0 Å². The van der Waals surface area contributed by atoms with Crippen LogP contribution in [0.15, 0.2) is 0 Å². The van der Waals surface area contributed by atoms with E-state index >= 15 is 0 Å². The quantitative estimate of drug-likeness (QED) is 0.741. The Morgan fingerprint density at radius 3 is 2.16 bits per heavy atom. The third-order valence-corrected chi connectivity index (χ3v) is 6.30. The second-order valence-corrected chi connectivity index (χ2v) is 7.93. The first-order valence-corrected chi connectivity index (χ1v) is 8.79. The van der Waals surface area contributed by atoms with E-state index in [9.17, 15) is 0 Å².